The van der Waals surface area contributed by atoms with Crippen molar-refractivity contribution in [2.45, 2.75) is 44.9 Å². The Morgan fingerprint density at radius 1 is 1.18 bits per heavy atom. The van der Waals surface area contributed by atoms with E-state index in [-0.39, 0.29) is 11.3 Å². The first kappa shape index (κ1) is 12.0. The summed E-state index contributed by atoms with van der Waals surface area (Å²) in [5.41, 5.74) is 7.72. The van der Waals surface area contributed by atoms with Gasteiger partial charge in [-0.25, -0.2) is 0 Å². The SMILES string of the molecule is CC1(C(C#N)c2ccc(N)cc2)CCCCC1. The fraction of sp³-hybridized carbons (Fsp3) is 0.533. The Morgan fingerprint density at radius 3 is 2.29 bits per heavy atom. The molecule has 0 saturated heterocycles. The van der Waals surface area contributed by atoms with Gasteiger partial charge < -0.3 is 5.73 Å². The molecule has 0 heterocycles. The Morgan fingerprint density at radius 2 is 1.76 bits per heavy atom. The molecule has 2 rings (SSSR count). The molecule has 2 heteroatoms. The zero-order valence-corrected chi connectivity index (χ0v) is 10.4. The molecular formula is C15H20N2. The van der Waals surface area contributed by atoms with Crippen LogP contribution < -0.4 is 5.73 Å². The van der Waals surface area contributed by atoms with Crippen molar-refractivity contribution < 1.29 is 0 Å². The molecule has 0 aliphatic heterocycles. The molecule has 2 N–H and O–H groups in total. The van der Waals surface area contributed by atoms with E-state index in [1.54, 1.807) is 0 Å². The molecule has 1 saturated carbocycles. The third-order valence-electron chi connectivity index (χ3n) is 4.09. The lowest BCUT2D eigenvalue weighted by Gasteiger charge is -2.37. The molecule has 1 aromatic rings. The van der Waals surface area contributed by atoms with E-state index >= 15 is 0 Å². The third kappa shape index (κ3) is 2.44. The highest BCUT2D eigenvalue weighted by Crippen LogP contribution is 2.46. The van der Waals surface area contributed by atoms with E-state index in [1.807, 2.05) is 24.3 Å². The Hall–Kier alpha value is -1.49. The van der Waals surface area contributed by atoms with Gasteiger partial charge in [-0.05, 0) is 36.0 Å². The molecule has 1 aliphatic carbocycles. The van der Waals surface area contributed by atoms with Crippen LogP contribution in [0.25, 0.3) is 0 Å². The maximum absolute atomic E-state index is 9.48. The standard InChI is InChI=1S/C15H20N2/c1-15(9-3-2-4-10-15)14(11-16)12-5-7-13(17)8-6-12/h5-8,14H,2-4,9-10,17H2,1H3. The van der Waals surface area contributed by atoms with Crippen molar-refractivity contribution in [2.75, 3.05) is 5.73 Å². The Kier molecular flexibility index (Phi) is 3.38. The lowest BCUT2D eigenvalue weighted by atomic mass is 9.65. The van der Waals surface area contributed by atoms with E-state index in [4.69, 9.17) is 5.73 Å². The molecule has 1 aromatic carbocycles. The van der Waals surface area contributed by atoms with Crippen LogP contribution in [0.15, 0.2) is 24.3 Å². The van der Waals surface area contributed by atoms with Crippen LogP contribution >= 0.6 is 0 Å². The summed E-state index contributed by atoms with van der Waals surface area (Å²) in [6, 6.07) is 10.3. The predicted octanol–water partition coefficient (Wildman–Crippen LogP) is 3.85. The summed E-state index contributed by atoms with van der Waals surface area (Å²) in [6.07, 6.45) is 6.15. The zero-order valence-electron chi connectivity index (χ0n) is 10.4. The van der Waals surface area contributed by atoms with E-state index in [0.717, 1.165) is 24.1 Å². The van der Waals surface area contributed by atoms with E-state index in [1.165, 1.54) is 19.3 Å². The molecule has 17 heavy (non-hydrogen) atoms. The van der Waals surface area contributed by atoms with Crippen LogP contribution in [0.2, 0.25) is 0 Å². The number of hydrogen-bond donors (Lipinski definition) is 1. The molecule has 1 fully saturated rings. The molecule has 0 aromatic heterocycles. The molecule has 2 nitrogen and oxygen atoms in total. The van der Waals surface area contributed by atoms with Crippen LogP contribution in [0.5, 0.6) is 0 Å². The topological polar surface area (TPSA) is 49.8 Å². The van der Waals surface area contributed by atoms with Crippen molar-refractivity contribution in [2.24, 2.45) is 5.41 Å². The van der Waals surface area contributed by atoms with Gasteiger partial charge >= 0.3 is 0 Å². The first-order valence-electron chi connectivity index (χ1n) is 6.41. The van der Waals surface area contributed by atoms with Crippen LogP contribution in [0.1, 0.15) is 50.5 Å². The fourth-order valence-corrected chi connectivity index (χ4v) is 2.97. The molecule has 90 valence electrons. The van der Waals surface area contributed by atoms with E-state index in [2.05, 4.69) is 13.0 Å². The van der Waals surface area contributed by atoms with Gasteiger partial charge in [0.1, 0.15) is 0 Å². The van der Waals surface area contributed by atoms with E-state index in [0.29, 0.717) is 0 Å². The maximum Gasteiger partial charge on any atom is 0.0766 e. The fourth-order valence-electron chi connectivity index (χ4n) is 2.97. The highest BCUT2D eigenvalue weighted by atomic mass is 14.5. The quantitative estimate of drug-likeness (QED) is 0.782. The van der Waals surface area contributed by atoms with Crippen LogP contribution in [0, 0.1) is 16.7 Å². The van der Waals surface area contributed by atoms with Crippen molar-refractivity contribution in [1.29, 1.82) is 5.26 Å². The summed E-state index contributed by atoms with van der Waals surface area (Å²) in [5.74, 6) is 0.00315. The summed E-state index contributed by atoms with van der Waals surface area (Å²) < 4.78 is 0. The van der Waals surface area contributed by atoms with Gasteiger partial charge in [0.05, 0.1) is 12.0 Å². The largest absolute Gasteiger partial charge is 0.399 e. The van der Waals surface area contributed by atoms with Crippen molar-refractivity contribution >= 4 is 5.69 Å². The van der Waals surface area contributed by atoms with Crippen molar-refractivity contribution in [1.82, 2.24) is 0 Å². The highest BCUT2D eigenvalue weighted by molar-refractivity contribution is 5.42. The lowest BCUT2D eigenvalue weighted by molar-refractivity contribution is 0.194. The Bertz CT molecular complexity index is 408. The van der Waals surface area contributed by atoms with Gasteiger partial charge in [0.2, 0.25) is 0 Å². The van der Waals surface area contributed by atoms with Gasteiger partial charge in [0.25, 0.3) is 0 Å². The molecule has 1 aliphatic rings. The Labute approximate surface area is 103 Å². The number of hydrogen-bond acceptors (Lipinski definition) is 2. The molecule has 1 atom stereocenters. The minimum Gasteiger partial charge on any atom is -0.399 e. The summed E-state index contributed by atoms with van der Waals surface area (Å²) in [5, 5.41) is 9.48. The first-order chi connectivity index (χ1) is 8.15. The number of nitrogens with two attached hydrogens (primary N) is 1. The smallest absolute Gasteiger partial charge is 0.0766 e. The minimum absolute atomic E-state index is 0.00315. The summed E-state index contributed by atoms with van der Waals surface area (Å²) in [7, 11) is 0. The van der Waals surface area contributed by atoms with Gasteiger partial charge in [-0.1, -0.05) is 38.3 Å². The monoisotopic (exact) mass is 228 g/mol. The van der Waals surface area contributed by atoms with Crippen LogP contribution in [0.4, 0.5) is 5.69 Å². The average molecular weight is 228 g/mol. The van der Waals surface area contributed by atoms with Gasteiger partial charge in [0, 0.05) is 5.69 Å². The van der Waals surface area contributed by atoms with Gasteiger partial charge in [-0.2, -0.15) is 5.26 Å². The molecular weight excluding hydrogens is 208 g/mol. The number of rotatable bonds is 2. The first-order valence-corrected chi connectivity index (χ1v) is 6.41. The minimum atomic E-state index is 0.00315. The predicted molar refractivity (Wildman–Crippen MR) is 70.4 cm³/mol. The second kappa shape index (κ2) is 4.79. The summed E-state index contributed by atoms with van der Waals surface area (Å²) in [4.78, 5) is 0. The summed E-state index contributed by atoms with van der Waals surface area (Å²) in [6.45, 7) is 2.26. The molecule has 0 radical (unpaired) electrons. The number of nitrogen functional groups attached to an aromatic ring is 1. The van der Waals surface area contributed by atoms with E-state index in [9.17, 15) is 5.26 Å². The molecule has 0 bridgehead atoms. The van der Waals surface area contributed by atoms with Crippen molar-refractivity contribution in [3.8, 4) is 6.07 Å². The average Bonchev–Trinajstić information content (AvgIpc) is 2.33. The normalized spacial score (nSPS) is 20.5. The molecule has 0 amide bonds. The van der Waals surface area contributed by atoms with Gasteiger partial charge in [0.15, 0.2) is 0 Å². The van der Waals surface area contributed by atoms with Crippen LogP contribution in [-0.4, -0.2) is 0 Å². The molecule has 1 unspecified atom stereocenters. The lowest BCUT2D eigenvalue weighted by Crippen LogP contribution is -2.27. The Balaban J connectivity index is 2.27. The second-order valence-electron chi connectivity index (χ2n) is 5.44. The van der Waals surface area contributed by atoms with Crippen molar-refractivity contribution in [3.63, 3.8) is 0 Å². The summed E-state index contributed by atoms with van der Waals surface area (Å²) >= 11 is 0. The maximum atomic E-state index is 9.48. The second-order valence-corrected chi connectivity index (χ2v) is 5.44. The number of anilines is 1. The van der Waals surface area contributed by atoms with Gasteiger partial charge in [-0.3, -0.25) is 0 Å². The van der Waals surface area contributed by atoms with Gasteiger partial charge in [-0.15, -0.1) is 0 Å². The van der Waals surface area contributed by atoms with Crippen LogP contribution in [0.3, 0.4) is 0 Å². The zero-order chi connectivity index (χ0) is 12.3. The van der Waals surface area contributed by atoms with Crippen LogP contribution in [-0.2, 0) is 0 Å². The molecule has 0 spiro atoms. The highest BCUT2D eigenvalue weighted by Gasteiger charge is 2.36. The number of nitriles is 1. The number of benzene rings is 1. The third-order valence-corrected chi connectivity index (χ3v) is 4.09. The number of nitrogens with zero attached hydrogens (tertiary/aromatic N) is 1. The van der Waals surface area contributed by atoms with E-state index < -0.39 is 0 Å². The van der Waals surface area contributed by atoms with Crippen molar-refractivity contribution in [3.05, 3.63) is 29.8 Å².